The largest absolute Gasteiger partial charge is 0.351 e. The van der Waals surface area contributed by atoms with Gasteiger partial charge in [-0.1, -0.05) is 83.5 Å². The zero-order chi connectivity index (χ0) is 22.5. The maximum absolute atomic E-state index is 12.5. The zero-order valence-electron chi connectivity index (χ0n) is 17.9. The second-order valence-electron chi connectivity index (χ2n) is 7.49. The summed E-state index contributed by atoms with van der Waals surface area (Å²) in [4.78, 5) is 12.5. The molecular formula is C25H23ClN4OS. The number of thioether (sulfide) groups is 1. The number of aryl methyl sites for hydroxylation is 2. The Hall–Kier alpha value is -3.09. The second kappa shape index (κ2) is 10.0. The molecule has 1 amide bonds. The minimum absolute atomic E-state index is 0.0573. The van der Waals surface area contributed by atoms with Crippen molar-refractivity contribution >= 4 is 29.3 Å². The summed E-state index contributed by atoms with van der Waals surface area (Å²) in [6, 6.07) is 23.8. The molecule has 0 spiro atoms. The number of carbonyl (C=O) groups excluding carboxylic acids is 1. The summed E-state index contributed by atoms with van der Waals surface area (Å²) in [7, 11) is 0. The van der Waals surface area contributed by atoms with Crippen LogP contribution in [-0.4, -0.2) is 26.4 Å². The Morgan fingerprint density at radius 3 is 2.47 bits per heavy atom. The number of para-hydroxylation sites is 1. The first-order valence-electron chi connectivity index (χ1n) is 10.2. The van der Waals surface area contributed by atoms with Crippen molar-refractivity contribution in [2.24, 2.45) is 0 Å². The van der Waals surface area contributed by atoms with E-state index >= 15 is 0 Å². The highest BCUT2D eigenvalue weighted by molar-refractivity contribution is 7.99. The van der Waals surface area contributed by atoms with E-state index in [0.717, 1.165) is 22.4 Å². The van der Waals surface area contributed by atoms with Crippen molar-refractivity contribution < 1.29 is 4.79 Å². The monoisotopic (exact) mass is 462 g/mol. The Morgan fingerprint density at radius 2 is 1.75 bits per heavy atom. The van der Waals surface area contributed by atoms with Gasteiger partial charge < -0.3 is 5.32 Å². The summed E-state index contributed by atoms with van der Waals surface area (Å²) in [5.41, 5.74) is 5.06. The number of benzene rings is 3. The highest BCUT2D eigenvalue weighted by Crippen LogP contribution is 2.30. The highest BCUT2D eigenvalue weighted by Gasteiger charge is 2.17. The number of nitrogens with zero attached hydrogens (tertiary/aromatic N) is 3. The normalized spacial score (nSPS) is 10.8. The number of hydrogen-bond donors (Lipinski definition) is 1. The SMILES string of the molecule is Cc1ccc(CNC(=O)CSc2nnc(-c3ccc(C)c(Cl)c3)n2-c2ccccc2)cc1. The smallest absolute Gasteiger partial charge is 0.230 e. The van der Waals surface area contributed by atoms with E-state index in [0.29, 0.717) is 22.5 Å². The Labute approximate surface area is 196 Å². The molecule has 4 aromatic rings. The molecule has 1 heterocycles. The van der Waals surface area contributed by atoms with Crippen molar-refractivity contribution in [3.8, 4) is 17.1 Å². The third-order valence-electron chi connectivity index (χ3n) is 5.02. The average Bonchev–Trinajstić information content (AvgIpc) is 3.23. The third-order valence-corrected chi connectivity index (χ3v) is 6.36. The van der Waals surface area contributed by atoms with E-state index in [1.54, 1.807) is 0 Å². The van der Waals surface area contributed by atoms with Gasteiger partial charge in [0.25, 0.3) is 0 Å². The van der Waals surface area contributed by atoms with Crippen molar-refractivity contribution in [2.45, 2.75) is 25.5 Å². The quantitative estimate of drug-likeness (QED) is 0.362. The lowest BCUT2D eigenvalue weighted by Gasteiger charge is -2.11. The van der Waals surface area contributed by atoms with Gasteiger partial charge in [-0.15, -0.1) is 10.2 Å². The van der Waals surface area contributed by atoms with Crippen LogP contribution >= 0.6 is 23.4 Å². The molecule has 0 atom stereocenters. The molecule has 4 rings (SSSR count). The number of hydrogen-bond acceptors (Lipinski definition) is 4. The molecule has 0 aliphatic carbocycles. The molecule has 0 aliphatic heterocycles. The first-order chi connectivity index (χ1) is 15.5. The van der Waals surface area contributed by atoms with Crippen LogP contribution < -0.4 is 5.32 Å². The third kappa shape index (κ3) is 5.21. The minimum atomic E-state index is -0.0573. The van der Waals surface area contributed by atoms with Gasteiger partial charge in [-0.2, -0.15) is 0 Å². The van der Waals surface area contributed by atoms with Crippen LogP contribution in [0.4, 0.5) is 0 Å². The molecule has 162 valence electrons. The Balaban J connectivity index is 1.53. The summed E-state index contributed by atoms with van der Waals surface area (Å²) in [6.45, 7) is 4.50. The van der Waals surface area contributed by atoms with Gasteiger partial charge >= 0.3 is 0 Å². The number of amides is 1. The summed E-state index contributed by atoms with van der Waals surface area (Å²) in [5, 5.41) is 13.1. The molecule has 1 N–H and O–H groups in total. The van der Waals surface area contributed by atoms with Crippen molar-refractivity contribution in [3.05, 3.63) is 94.5 Å². The molecule has 32 heavy (non-hydrogen) atoms. The number of rotatable bonds is 7. The van der Waals surface area contributed by atoms with Crippen LogP contribution in [0.1, 0.15) is 16.7 Å². The number of aromatic nitrogens is 3. The fourth-order valence-electron chi connectivity index (χ4n) is 3.18. The molecule has 0 saturated carbocycles. The number of carbonyl (C=O) groups is 1. The minimum Gasteiger partial charge on any atom is -0.351 e. The number of halogens is 1. The van der Waals surface area contributed by atoms with E-state index in [-0.39, 0.29) is 11.7 Å². The van der Waals surface area contributed by atoms with E-state index in [1.807, 2.05) is 91.2 Å². The van der Waals surface area contributed by atoms with E-state index in [2.05, 4.69) is 15.5 Å². The standard InChI is InChI=1S/C25H23ClN4OS/c1-17-8-11-19(12-9-17)15-27-23(31)16-32-25-29-28-24(20-13-10-18(2)22(26)14-20)30(25)21-6-4-3-5-7-21/h3-14H,15-16H2,1-2H3,(H,27,31). The lowest BCUT2D eigenvalue weighted by molar-refractivity contribution is -0.118. The van der Waals surface area contributed by atoms with Gasteiger partial charge in [-0.25, -0.2) is 0 Å². The van der Waals surface area contributed by atoms with Crippen LogP contribution in [0, 0.1) is 13.8 Å². The molecule has 0 aliphatic rings. The summed E-state index contributed by atoms with van der Waals surface area (Å²) < 4.78 is 1.96. The molecule has 7 heteroatoms. The molecule has 3 aromatic carbocycles. The maximum Gasteiger partial charge on any atom is 0.230 e. The van der Waals surface area contributed by atoms with Crippen LogP contribution in [-0.2, 0) is 11.3 Å². The van der Waals surface area contributed by atoms with Crippen molar-refractivity contribution in [2.75, 3.05) is 5.75 Å². The highest BCUT2D eigenvalue weighted by atomic mass is 35.5. The van der Waals surface area contributed by atoms with Crippen molar-refractivity contribution in [1.82, 2.24) is 20.1 Å². The first kappa shape index (κ1) is 22.1. The lowest BCUT2D eigenvalue weighted by Crippen LogP contribution is -2.24. The number of nitrogens with one attached hydrogen (secondary N) is 1. The van der Waals surface area contributed by atoms with Crippen LogP contribution in [0.15, 0.2) is 78.0 Å². The van der Waals surface area contributed by atoms with Crippen LogP contribution in [0.5, 0.6) is 0 Å². The van der Waals surface area contributed by atoms with E-state index < -0.39 is 0 Å². The molecule has 0 radical (unpaired) electrons. The zero-order valence-corrected chi connectivity index (χ0v) is 19.5. The van der Waals surface area contributed by atoms with Gasteiger partial charge in [0.05, 0.1) is 5.75 Å². The Morgan fingerprint density at radius 1 is 1.00 bits per heavy atom. The molecule has 5 nitrogen and oxygen atoms in total. The van der Waals surface area contributed by atoms with E-state index in [4.69, 9.17) is 11.6 Å². The summed E-state index contributed by atoms with van der Waals surface area (Å²) in [5.74, 6) is 0.865. The molecule has 0 fully saturated rings. The van der Waals surface area contributed by atoms with Crippen molar-refractivity contribution in [3.63, 3.8) is 0 Å². The second-order valence-corrected chi connectivity index (χ2v) is 8.84. The van der Waals surface area contributed by atoms with Gasteiger partial charge in [0, 0.05) is 22.8 Å². The fraction of sp³-hybridized carbons (Fsp3) is 0.160. The Bertz CT molecular complexity index is 1220. The predicted molar refractivity (Wildman–Crippen MR) is 130 cm³/mol. The topological polar surface area (TPSA) is 59.8 Å². The molecule has 0 bridgehead atoms. The van der Waals surface area contributed by atoms with Gasteiger partial charge in [-0.05, 0) is 43.2 Å². The summed E-state index contributed by atoms with van der Waals surface area (Å²) in [6.07, 6.45) is 0. The van der Waals surface area contributed by atoms with Gasteiger partial charge in [-0.3, -0.25) is 9.36 Å². The summed E-state index contributed by atoms with van der Waals surface area (Å²) >= 11 is 7.70. The molecule has 0 unspecified atom stereocenters. The van der Waals surface area contributed by atoms with E-state index in [1.165, 1.54) is 17.3 Å². The maximum atomic E-state index is 12.5. The fourth-order valence-corrected chi connectivity index (χ4v) is 4.14. The molecular weight excluding hydrogens is 440 g/mol. The van der Waals surface area contributed by atoms with E-state index in [9.17, 15) is 4.79 Å². The Kier molecular flexibility index (Phi) is 6.93. The molecule has 1 aromatic heterocycles. The van der Waals surface area contributed by atoms with Crippen LogP contribution in [0.2, 0.25) is 5.02 Å². The van der Waals surface area contributed by atoms with Gasteiger partial charge in [0.15, 0.2) is 11.0 Å². The lowest BCUT2D eigenvalue weighted by atomic mass is 10.1. The van der Waals surface area contributed by atoms with Crippen molar-refractivity contribution in [1.29, 1.82) is 0 Å². The molecule has 0 saturated heterocycles. The van der Waals surface area contributed by atoms with Crippen LogP contribution in [0.25, 0.3) is 17.1 Å². The predicted octanol–water partition coefficient (Wildman–Crippen LogP) is 5.61. The van der Waals surface area contributed by atoms with Gasteiger partial charge in [0.2, 0.25) is 5.91 Å². The first-order valence-corrected chi connectivity index (χ1v) is 11.6. The van der Waals surface area contributed by atoms with Crippen LogP contribution in [0.3, 0.4) is 0 Å². The average molecular weight is 463 g/mol. The van der Waals surface area contributed by atoms with Gasteiger partial charge in [0.1, 0.15) is 0 Å².